The van der Waals surface area contributed by atoms with Gasteiger partial charge in [-0.3, -0.25) is 0 Å². The van der Waals surface area contributed by atoms with Crippen molar-refractivity contribution in [1.29, 1.82) is 0 Å². The van der Waals surface area contributed by atoms with Crippen LogP contribution in [0, 0.1) is 5.92 Å². The van der Waals surface area contributed by atoms with Crippen LogP contribution in [0.4, 0.5) is 5.13 Å². The number of nitrogens with two attached hydrogens (primary N) is 1. The van der Waals surface area contributed by atoms with Crippen LogP contribution in [0.5, 0.6) is 0 Å². The van der Waals surface area contributed by atoms with Crippen molar-refractivity contribution in [3.8, 4) is 0 Å². The topological polar surface area (TPSA) is 55.0 Å². The second-order valence-electron chi connectivity index (χ2n) is 5.27. The number of piperidine rings is 1. The molecule has 2 atom stereocenters. The molecule has 0 bridgehead atoms. The highest BCUT2D eigenvalue weighted by Crippen LogP contribution is 2.29. The van der Waals surface area contributed by atoms with Gasteiger partial charge in [0.25, 0.3) is 0 Å². The number of hydrogen-bond acceptors (Lipinski definition) is 5. The summed E-state index contributed by atoms with van der Waals surface area (Å²) in [7, 11) is 0. The molecule has 1 aromatic heterocycles. The van der Waals surface area contributed by atoms with Crippen molar-refractivity contribution in [3.05, 3.63) is 5.82 Å². The Bertz CT molecular complexity index is 363. The summed E-state index contributed by atoms with van der Waals surface area (Å²) < 4.78 is 4.43. The summed E-state index contributed by atoms with van der Waals surface area (Å²) in [5.74, 6) is 1.98. The van der Waals surface area contributed by atoms with E-state index in [-0.39, 0.29) is 0 Å². The normalized spacial score (nSPS) is 25.6. The SMILES string of the molecule is CC(C)c1nsc(N2CC(CN)CCC2C)n1. The third-order valence-corrected chi connectivity index (χ3v) is 4.27. The third-order valence-electron chi connectivity index (χ3n) is 3.51. The van der Waals surface area contributed by atoms with Crippen LogP contribution in [0.2, 0.25) is 0 Å². The van der Waals surface area contributed by atoms with Gasteiger partial charge in [-0.2, -0.15) is 4.37 Å². The molecule has 0 saturated carbocycles. The fourth-order valence-electron chi connectivity index (χ4n) is 2.22. The molecule has 1 aromatic rings. The highest BCUT2D eigenvalue weighted by molar-refractivity contribution is 7.09. The molecule has 0 aromatic carbocycles. The van der Waals surface area contributed by atoms with Gasteiger partial charge in [-0.05, 0) is 32.2 Å². The highest BCUT2D eigenvalue weighted by Gasteiger charge is 2.27. The van der Waals surface area contributed by atoms with E-state index in [0.29, 0.717) is 17.9 Å². The molecule has 0 amide bonds. The molecule has 0 radical (unpaired) electrons. The maximum atomic E-state index is 5.78. The highest BCUT2D eigenvalue weighted by atomic mass is 32.1. The molecule has 2 N–H and O–H groups in total. The second-order valence-corrected chi connectivity index (χ2v) is 6.00. The zero-order valence-electron chi connectivity index (χ0n) is 10.9. The summed E-state index contributed by atoms with van der Waals surface area (Å²) >= 11 is 1.52. The van der Waals surface area contributed by atoms with Crippen LogP contribution in [0.3, 0.4) is 0 Å². The number of aromatic nitrogens is 2. The van der Waals surface area contributed by atoms with E-state index in [2.05, 4.69) is 35.0 Å². The Morgan fingerprint density at radius 1 is 1.47 bits per heavy atom. The number of nitrogens with zero attached hydrogens (tertiary/aromatic N) is 3. The van der Waals surface area contributed by atoms with Crippen LogP contribution in [-0.4, -0.2) is 28.5 Å². The molecular weight excluding hydrogens is 232 g/mol. The maximum Gasteiger partial charge on any atom is 0.205 e. The fraction of sp³-hybridized carbons (Fsp3) is 0.833. The maximum absolute atomic E-state index is 5.78. The van der Waals surface area contributed by atoms with Crippen LogP contribution in [-0.2, 0) is 0 Å². The quantitative estimate of drug-likeness (QED) is 0.898. The lowest BCUT2D eigenvalue weighted by molar-refractivity contribution is 0.373. The Kier molecular flexibility index (Phi) is 3.99. The molecule has 1 saturated heterocycles. The summed E-state index contributed by atoms with van der Waals surface area (Å²) in [6.45, 7) is 8.34. The molecule has 4 nitrogen and oxygen atoms in total. The van der Waals surface area contributed by atoms with Gasteiger partial charge in [-0.15, -0.1) is 0 Å². The van der Waals surface area contributed by atoms with Crippen LogP contribution in [0.15, 0.2) is 0 Å². The van der Waals surface area contributed by atoms with Crippen molar-refractivity contribution in [1.82, 2.24) is 9.36 Å². The zero-order valence-corrected chi connectivity index (χ0v) is 11.7. The van der Waals surface area contributed by atoms with Crippen molar-refractivity contribution in [2.24, 2.45) is 11.7 Å². The molecule has 96 valence electrons. The zero-order chi connectivity index (χ0) is 12.4. The molecule has 1 aliphatic heterocycles. The van der Waals surface area contributed by atoms with Gasteiger partial charge in [0.2, 0.25) is 5.13 Å². The minimum Gasteiger partial charge on any atom is -0.344 e. The molecule has 0 spiro atoms. The first-order chi connectivity index (χ1) is 8.11. The first kappa shape index (κ1) is 12.8. The Morgan fingerprint density at radius 3 is 2.82 bits per heavy atom. The Morgan fingerprint density at radius 2 is 2.24 bits per heavy atom. The van der Waals surface area contributed by atoms with Crippen molar-refractivity contribution in [2.75, 3.05) is 18.0 Å². The second kappa shape index (κ2) is 5.31. The van der Waals surface area contributed by atoms with Gasteiger partial charge in [0, 0.05) is 30.0 Å². The van der Waals surface area contributed by atoms with E-state index in [1.165, 1.54) is 24.4 Å². The lowest BCUT2D eigenvalue weighted by Gasteiger charge is -2.37. The lowest BCUT2D eigenvalue weighted by Crippen LogP contribution is -2.43. The summed E-state index contributed by atoms with van der Waals surface area (Å²) in [5.41, 5.74) is 5.78. The molecular formula is C12H22N4S. The van der Waals surface area contributed by atoms with Gasteiger partial charge < -0.3 is 10.6 Å². The fourth-order valence-corrected chi connectivity index (χ4v) is 3.14. The van der Waals surface area contributed by atoms with Gasteiger partial charge in [0.05, 0.1) is 0 Å². The Labute approximate surface area is 107 Å². The predicted octanol–water partition coefficient (Wildman–Crippen LogP) is 2.23. The Balaban J connectivity index is 2.13. The van der Waals surface area contributed by atoms with E-state index in [1.807, 2.05) is 0 Å². The molecule has 17 heavy (non-hydrogen) atoms. The number of hydrogen-bond donors (Lipinski definition) is 1. The average molecular weight is 254 g/mol. The van der Waals surface area contributed by atoms with E-state index in [0.717, 1.165) is 24.0 Å². The Hall–Kier alpha value is -0.680. The standard InChI is InChI=1S/C12H22N4S/c1-8(2)11-14-12(17-15-11)16-7-10(6-13)5-4-9(16)3/h8-10H,4-7,13H2,1-3H3. The van der Waals surface area contributed by atoms with E-state index in [9.17, 15) is 0 Å². The van der Waals surface area contributed by atoms with Crippen LogP contribution >= 0.6 is 11.5 Å². The lowest BCUT2D eigenvalue weighted by atomic mass is 9.94. The predicted molar refractivity (Wildman–Crippen MR) is 72.6 cm³/mol. The van der Waals surface area contributed by atoms with Crippen molar-refractivity contribution in [2.45, 2.75) is 45.6 Å². The van der Waals surface area contributed by atoms with Gasteiger partial charge in [0.15, 0.2) is 0 Å². The van der Waals surface area contributed by atoms with Gasteiger partial charge in [-0.25, -0.2) is 4.98 Å². The van der Waals surface area contributed by atoms with Gasteiger partial charge >= 0.3 is 0 Å². The van der Waals surface area contributed by atoms with Crippen LogP contribution < -0.4 is 10.6 Å². The van der Waals surface area contributed by atoms with Gasteiger partial charge in [0.1, 0.15) is 5.82 Å². The number of anilines is 1. The summed E-state index contributed by atoms with van der Waals surface area (Å²) in [6.07, 6.45) is 2.45. The summed E-state index contributed by atoms with van der Waals surface area (Å²) in [4.78, 5) is 7.02. The first-order valence-electron chi connectivity index (χ1n) is 6.42. The molecule has 0 aliphatic carbocycles. The van der Waals surface area contributed by atoms with E-state index >= 15 is 0 Å². The van der Waals surface area contributed by atoms with Crippen molar-refractivity contribution in [3.63, 3.8) is 0 Å². The summed E-state index contributed by atoms with van der Waals surface area (Å²) in [6, 6.07) is 0.561. The van der Waals surface area contributed by atoms with Gasteiger partial charge in [-0.1, -0.05) is 13.8 Å². The average Bonchev–Trinajstić information content (AvgIpc) is 2.79. The molecule has 2 unspecified atom stereocenters. The van der Waals surface area contributed by atoms with Crippen LogP contribution in [0.25, 0.3) is 0 Å². The van der Waals surface area contributed by atoms with Crippen molar-refractivity contribution >= 4 is 16.7 Å². The minimum atomic E-state index is 0.408. The molecule has 5 heteroatoms. The monoisotopic (exact) mass is 254 g/mol. The smallest absolute Gasteiger partial charge is 0.205 e. The molecule has 1 aliphatic rings. The van der Waals surface area contributed by atoms with Crippen molar-refractivity contribution < 1.29 is 0 Å². The first-order valence-corrected chi connectivity index (χ1v) is 7.19. The van der Waals surface area contributed by atoms with E-state index in [4.69, 9.17) is 5.73 Å². The minimum absolute atomic E-state index is 0.408. The molecule has 2 rings (SSSR count). The summed E-state index contributed by atoms with van der Waals surface area (Å²) in [5, 5.41) is 1.07. The largest absolute Gasteiger partial charge is 0.344 e. The third kappa shape index (κ3) is 2.77. The van der Waals surface area contributed by atoms with Crippen LogP contribution in [0.1, 0.15) is 45.4 Å². The van der Waals surface area contributed by atoms with E-state index in [1.54, 1.807) is 0 Å². The number of rotatable bonds is 3. The molecule has 1 fully saturated rings. The molecule has 2 heterocycles. The van der Waals surface area contributed by atoms with E-state index < -0.39 is 0 Å².